The zero-order chi connectivity index (χ0) is 34.1. The second-order valence-corrected chi connectivity index (χ2v) is 14.4. The van der Waals surface area contributed by atoms with Crippen molar-refractivity contribution in [3.05, 3.63) is 54.2 Å². The molecule has 1 N–H and O–H groups in total. The van der Waals surface area contributed by atoms with Crippen molar-refractivity contribution < 1.29 is 28.3 Å². The number of Topliss-reactive ketones (excluding diaryl/α,β-unsaturated/α-hetero) is 1. The number of anilines is 2. The van der Waals surface area contributed by atoms with E-state index in [1.165, 1.54) is 0 Å². The molecular formula is C35H44N6O6. The molecule has 5 rings (SSSR count). The van der Waals surface area contributed by atoms with Crippen LogP contribution < -0.4 is 10.2 Å². The van der Waals surface area contributed by atoms with Crippen LogP contribution in [0.3, 0.4) is 0 Å². The minimum atomic E-state index is -0.760. The number of nitrogens with one attached hydrogen (secondary N) is 1. The van der Waals surface area contributed by atoms with Gasteiger partial charge in [0.05, 0.1) is 12.6 Å². The zero-order valence-electron chi connectivity index (χ0n) is 28.4. The number of hydrogen-bond acceptors (Lipinski definition) is 10. The highest BCUT2D eigenvalue weighted by atomic mass is 16.6. The van der Waals surface area contributed by atoms with Gasteiger partial charge in [0, 0.05) is 73.7 Å². The smallest absolute Gasteiger partial charge is 0.414 e. The molecule has 12 heteroatoms. The van der Waals surface area contributed by atoms with Crippen molar-refractivity contribution >= 4 is 40.5 Å². The maximum Gasteiger partial charge on any atom is 0.414 e. The van der Waals surface area contributed by atoms with E-state index < -0.39 is 17.3 Å². The van der Waals surface area contributed by atoms with Gasteiger partial charge in [-0.3, -0.25) is 29.6 Å². The molecule has 0 unspecified atom stereocenters. The Morgan fingerprint density at radius 1 is 1.02 bits per heavy atom. The summed E-state index contributed by atoms with van der Waals surface area (Å²) in [6.07, 6.45) is 9.06. The quantitative estimate of drug-likeness (QED) is 0.165. The number of furan rings is 1. The van der Waals surface area contributed by atoms with Crippen molar-refractivity contribution in [2.24, 2.45) is 18.9 Å². The highest BCUT2D eigenvalue weighted by Gasteiger charge is 2.31. The third-order valence-electron chi connectivity index (χ3n) is 7.65. The molecule has 0 aliphatic carbocycles. The van der Waals surface area contributed by atoms with Crippen molar-refractivity contribution in [2.75, 3.05) is 23.3 Å². The average Bonchev–Trinajstić information content (AvgIpc) is 3.53. The lowest BCUT2D eigenvalue weighted by molar-refractivity contribution is -0.156. The number of carbonyl (C=O) groups excluding carboxylic acids is 3. The molecule has 2 atom stereocenters. The molecule has 47 heavy (non-hydrogen) atoms. The van der Waals surface area contributed by atoms with Gasteiger partial charge in [0.25, 0.3) is 0 Å². The van der Waals surface area contributed by atoms with E-state index in [1.807, 2.05) is 40.1 Å². The van der Waals surface area contributed by atoms with Crippen LogP contribution in [0.5, 0.6) is 0 Å². The Hall–Kier alpha value is -4.74. The van der Waals surface area contributed by atoms with Crippen LogP contribution >= 0.6 is 0 Å². The lowest BCUT2D eigenvalue weighted by Crippen LogP contribution is -2.41. The summed E-state index contributed by atoms with van der Waals surface area (Å²) in [7, 11) is 1.82. The number of fused-ring (bicyclic) bond motifs is 1. The first-order chi connectivity index (χ1) is 22.0. The van der Waals surface area contributed by atoms with Crippen molar-refractivity contribution in [3.8, 4) is 11.1 Å². The van der Waals surface area contributed by atoms with Crippen molar-refractivity contribution in [1.82, 2.24) is 19.7 Å². The van der Waals surface area contributed by atoms with E-state index in [-0.39, 0.29) is 35.5 Å². The second kappa shape index (κ2) is 13.2. The number of aryl methyl sites for hydroxylation is 1. The molecule has 4 aromatic rings. The molecule has 250 valence electrons. The summed E-state index contributed by atoms with van der Waals surface area (Å²) in [5.74, 6) is -0.122. The fraction of sp³-hybridized carbons (Fsp3) is 0.486. The molecular weight excluding hydrogens is 600 g/mol. The Bertz CT molecular complexity index is 1780. The molecule has 4 aromatic heterocycles. The van der Waals surface area contributed by atoms with Crippen LogP contribution in [-0.2, 0) is 27.7 Å². The Kier molecular flexibility index (Phi) is 9.42. The number of pyridine rings is 2. The third-order valence-corrected chi connectivity index (χ3v) is 7.65. The highest BCUT2D eigenvalue weighted by Crippen LogP contribution is 2.35. The van der Waals surface area contributed by atoms with Crippen molar-refractivity contribution in [1.29, 1.82) is 0 Å². The number of ketones is 1. The summed E-state index contributed by atoms with van der Waals surface area (Å²) in [5.41, 5.74) is 2.66. The van der Waals surface area contributed by atoms with Crippen LogP contribution in [0, 0.1) is 11.8 Å². The molecule has 0 spiro atoms. The first kappa shape index (κ1) is 33.6. The molecule has 1 fully saturated rings. The topological polar surface area (TPSA) is 142 Å². The summed E-state index contributed by atoms with van der Waals surface area (Å²) >= 11 is 0. The summed E-state index contributed by atoms with van der Waals surface area (Å²) in [5, 5.41) is 6.86. The van der Waals surface area contributed by atoms with Gasteiger partial charge in [-0.15, -0.1) is 0 Å². The van der Waals surface area contributed by atoms with Crippen molar-refractivity contribution in [3.63, 3.8) is 0 Å². The fourth-order valence-corrected chi connectivity index (χ4v) is 6.02. The molecule has 0 radical (unpaired) electrons. The molecule has 0 saturated carbocycles. The monoisotopic (exact) mass is 644 g/mol. The predicted molar refractivity (Wildman–Crippen MR) is 178 cm³/mol. The van der Waals surface area contributed by atoms with E-state index in [4.69, 9.17) is 13.9 Å². The van der Waals surface area contributed by atoms with Crippen LogP contribution in [0.4, 0.5) is 16.4 Å². The zero-order valence-corrected chi connectivity index (χ0v) is 28.4. The Balaban J connectivity index is 1.44. The SMILES string of the molecule is C[C@@H]1C[C@H](CC(=O)OC(C)(C)C)CN(c2ccncc2CC(=O)c2c(NC(=O)OC(C)(C)C)oc3cc(-c4cnn(C)c4)cnc23)C1. The largest absolute Gasteiger partial charge is 0.460 e. The van der Waals surface area contributed by atoms with Crippen LogP contribution in [0.1, 0.15) is 77.2 Å². The maximum absolute atomic E-state index is 14.2. The standard InChI is InChI=1S/C35H44N6O6/c1-21-11-22(12-29(43)46-34(2,3)4)19-41(18-21)26-9-10-36-15-24(26)13-27(42)30-31-28(45-32(30)39-33(44)47-35(5,6)7)14-23(16-37-31)25-17-38-40(8)20-25/h9-10,14-17,20-22H,11-13,18-19H2,1-8H3,(H,39,44)/t21-,22-/m1/s1. The summed E-state index contributed by atoms with van der Waals surface area (Å²) in [6.45, 7) is 14.4. The van der Waals surface area contributed by atoms with E-state index in [1.54, 1.807) is 56.3 Å². The normalized spacial score (nSPS) is 17.1. The van der Waals surface area contributed by atoms with Crippen LogP contribution in [0.25, 0.3) is 22.2 Å². The van der Waals surface area contributed by atoms with Crippen LogP contribution in [0.2, 0.25) is 0 Å². The molecule has 12 nitrogen and oxygen atoms in total. The summed E-state index contributed by atoms with van der Waals surface area (Å²) in [4.78, 5) is 50.8. The van der Waals surface area contributed by atoms with Gasteiger partial charge < -0.3 is 18.8 Å². The number of amides is 1. The molecule has 1 saturated heterocycles. The van der Waals surface area contributed by atoms with Gasteiger partial charge >= 0.3 is 12.1 Å². The Morgan fingerprint density at radius 2 is 1.77 bits per heavy atom. The van der Waals surface area contributed by atoms with Gasteiger partial charge in [0.2, 0.25) is 5.88 Å². The third kappa shape index (κ3) is 8.55. The van der Waals surface area contributed by atoms with Gasteiger partial charge in [-0.1, -0.05) is 6.92 Å². The van der Waals surface area contributed by atoms with E-state index in [2.05, 4.69) is 32.2 Å². The van der Waals surface area contributed by atoms with Gasteiger partial charge in [0.15, 0.2) is 11.4 Å². The predicted octanol–water partition coefficient (Wildman–Crippen LogP) is 6.59. The number of piperidine rings is 1. The molecule has 1 amide bonds. The second-order valence-electron chi connectivity index (χ2n) is 14.4. The van der Waals surface area contributed by atoms with Crippen LogP contribution in [0.15, 0.2) is 47.5 Å². The van der Waals surface area contributed by atoms with E-state index in [0.717, 1.165) is 29.8 Å². The lowest BCUT2D eigenvalue weighted by atomic mass is 9.87. The summed E-state index contributed by atoms with van der Waals surface area (Å²) < 4.78 is 18.8. The number of rotatable bonds is 8. The van der Waals surface area contributed by atoms with Gasteiger partial charge in [0.1, 0.15) is 22.3 Å². The first-order valence-corrected chi connectivity index (χ1v) is 15.9. The first-order valence-electron chi connectivity index (χ1n) is 15.9. The number of nitrogens with zero attached hydrogens (tertiary/aromatic N) is 5. The minimum absolute atomic E-state index is 0.0194. The number of carbonyl (C=O) groups is 3. The van der Waals surface area contributed by atoms with E-state index >= 15 is 0 Å². The number of ether oxygens (including phenoxy) is 2. The molecule has 5 heterocycles. The molecule has 0 bridgehead atoms. The van der Waals surface area contributed by atoms with Gasteiger partial charge in [-0.05, 0) is 71.9 Å². The number of hydrogen-bond donors (Lipinski definition) is 1. The molecule has 0 aromatic carbocycles. The van der Waals surface area contributed by atoms with Crippen LogP contribution in [-0.4, -0.2) is 61.9 Å². The number of esters is 1. The fourth-order valence-electron chi connectivity index (χ4n) is 6.02. The highest BCUT2D eigenvalue weighted by molar-refractivity contribution is 6.13. The average molecular weight is 645 g/mol. The Morgan fingerprint density at radius 3 is 2.45 bits per heavy atom. The van der Waals surface area contributed by atoms with Gasteiger partial charge in [-0.25, -0.2) is 4.79 Å². The summed E-state index contributed by atoms with van der Waals surface area (Å²) in [6, 6.07) is 3.67. The molecule has 1 aliphatic heterocycles. The van der Waals surface area contributed by atoms with Crippen molar-refractivity contribution in [2.45, 2.75) is 78.9 Å². The lowest BCUT2D eigenvalue weighted by Gasteiger charge is -2.38. The molecule has 1 aliphatic rings. The van der Waals surface area contributed by atoms with E-state index in [9.17, 15) is 14.4 Å². The Labute approximate surface area is 274 Å². The van der Waals surface area contributed by atoms with E-state index in [0.29, 0.717) is 35.5 Å². The minimum Gasteiger partial charge on any atom is -0.460 e. The van der Waals surface area contributed by atoms with Gasteiger partial charge in [-0.2, -0.15) is 5.10 Å². The number of aromatic nitrogens is 4. The maximum atomic E-state index is 14.2.